The summed E-state index contributed by atoms with van der Waals surface area (Å²) in [5.41, 5.74) is -1.88. The SMILES string of the molecule is COc1cc(O[C@@H]2O[C@H](CO[C@@H]3OC[C@@](O)(CO)[C@@H]3O)[C@@H](O)[C@@H](O)[C@H]2O)ccc1O. The lowest BCUT2D eigenvalue weighted by Gasteiger charge is -2.40. The number of methoxy groups -OCH3 is 1. The first-order chi connectivity index (χ1) is 14.2. The molecule has 0 bridgehead atoms. The van der Waals surface area contributed by atoms with Crippen molar-refractivity contribution in [2.45, 2.75) is 48.7 Å². The molecule has 2 heterocycles. The Kier molecular flexibility index (Phi) is 7.02. The van der Waals surface area contributed by atoms with Gasteiger partial charge in [0, 0.05) is 6.07 Å². The summed E-state index contributed by atoms with van der Waals surface area (Å²) in [6, 6.07) is 4.03. The first-order valence-corrected chi connectivity index (χ1v) is 9.18. The van der Waals surface area contributed by atoms with E-state index in [1.54, 1.807) is 0 Å². The number of hydrogen-bond acceptors (Lipinski definition) is 12. The van der Waals surface area contributed by atoms with Gasteiger partial charge in [-0.25, -0.2) is 0 Å². The van der Waals surface area contributed by atoms with Gasteiger partial charge in [-0.2, -0.15) is 0 Å². The maximum atomic E-state index is 10.2. The average molecular weight is 434 g/mol. The molecule has 7 N–H and O–H groups in total. The minimum atomic E-state index is -1.88. The quantitative estimate of drug-likeness (QED) is 0.231. The van der Waals surface area contributed by atoms with E-state index in [0.29, 0.717) is 0 Å². The molecule has 12 heteroatoms. The molecule has 0 spiro atoms. The van der Waals surface area contributed by atoms with Crippen molar-refractivity contribution in [2.24, 2.45) is 0 Å². The molecule has 2 saturated heterocycles. The summed E-state index contributed by atoms with van der Waals surface area (Å²) < 4.78 is 26.4. The number of aromatic hydroxyl groups is 1. The molecule has 0 aromatic heterocycles. The molecular formula is C18H26O12. The molecule has 1 aromatic rings. The van der Waals surface area contributed by atoms with Crippen molar-refractivity contribution < 1.29 is 59.4 Å². The van der Waals surface area contributed by atoms with E-state index in [4.69, 9.17) is 28.8 Å². The molecule has 1 aromatic carbocycles. The fourth-order valence-electron chi connectivity index (χ4n) is 3.14. The van der Waals surface area contributed by atoms with Crippen LogP contribution in [0.1, 0.15) is 0 Å². The summed E-state index contributed by atoms with van der Waals surface area (Å²) in [5.74, 6) is 0.135. The van der Waals surface area contributed by atoms with Crippen LogP contribution in [0.2, 0.25) is 0 Å². The van der Waals surface area contributed by atoms with Gasteiger partial charge in [0.05, 0.1) is 26.9 Å². The molecule has 0 radical (unpaired) electrons. The summed E-state index contributed by atoms with van der Waals surface area (Å²) in [6.45, 7) is -1.50. The summed E-state index contributed by atoms with van der Waals surface area (Å²) >= 11 is 0. The molecule has 2 aliphatic heterocycles. The molecule has 0 unspecified atom stereocenters. The normalized spacial score (nSPS) is 39.1. The number of hydrogen-bond donors (Lipinski definition) is 7. The van der Waals surface area contributed by atoms with Gasteiger partial charge in [-0.15, -0.1) is 0 Å². The zero-order chi connectivity index (χ0) is 22.1. The predicted octanol–water partition coefficient (Wildman–Crippen LogP) is -2.96. The van der Waals surface area contributed by atoms with Crippen molar-refractivity contribution in [3.63, 3.8) is 0 Å². The number of benzene rings is 1. The van der Waals surface area contributed by atoms with Gasteiger partial charge >= 0.3 is 0 Å². The van der Waals surface area contributed by atoms with Gasteiger partial charge in [-0.05, 0) is 12.1 Å². The Bertz CT molecular complexity index is 716. The Balaban J connectivity index is 1.65. The lowest BCUT2D eigenvalue weighted by atomic mass is 9.99. The van der Waals surface area contributed by atoms with E-state index in [0.717, 1.165) is 0 Å². The number of ether oxygens (including phenoxy) is 5. The highest BCUT2D eigenvalue weighted by atomic mass is 16.7. The molecule has 8 atom stereocenters. The third kappa shape index (κ3) is 4.46. The predicted molar refractivity (Wildman–Crippen MR) is 95.7 cm³/mol. The van der Waals surface area contributed by atoms with Crippen molar-refractivity contribution in [1.82, 2.24) is 0 Å². The Hall–Kier alpha value is -1.74. The second-order valence-corrected chi connectivity index (χ2v) is 7.19. The Labute approximate surface area is 171 Å². The number of aliphatic hydroxyl groups is 6. The maximum Gasteiger partial charge on any atom is 0.229 e. The third-order valence-electron chi connectivity index (χ3n) is 5.08. The summed E-state index contributed by atoms with van der Waals surface area (Å²) in [5, 5.41) is 69.3. The Morgan fingerprint density at radius 3 is 2.47 bits per heavy atom. The van der Waals surface area contributed by atoms with Gasteiger partial charge in [0.1, 0.15) is 41.9 Å². The van der Waals surface area contributed by atoms with E-state index in [-0.39, 0.29) is 23.9 Å². The molecule has 0 amide bonds. The maximum absolute atomic E-state index is 10.2. The van der Waals surface area contributed by atoms with Gasteiger partial charge in [0.15, 0.2) is 17.8 Å². The zero-order valence-electron chi connectivity index (χ0n) is 16.1. The molecule has 3 rings (SSSR count). The first kappa shape index (κ1) is 22.9. The molecule has 0 saturated carbocycles. The van der Waals surface area contributed by atoms with E-state index in [9.17, 15) is 30.6 Å². The average Bonchev–Trinajstić information content (AvgIpc) is 3.03. The second-order valence-electron chi connectivity index (χ2n) is 7.19. The number of rotatable bonds is 7. The lowest BCUT2D eigenvalue weighted by Crippen LogP contribution is -2.60. The highest BCUT2D eigenvalue weighted by Gasteiger charge is 2.50. The number of aliphatic hydroxyl groups excluding tert-OH is 5. The van der Waals surface area contributed by atoms with Crippen LogP contribution in [-0.4, -0.2) is 111 Å². The van der Waals surface area contributed by atoms with E-state index >= 15 is 0 Å². The lowest BCUT2D eigenvalue weighted by molar-refractivity contribution is -0.289. The molecular weight excluding hydrogens is 408 g/mol. The van der Waals surface area contributed by atoms with Crippen LogP contribution >= 0.6 is 0 Å². The highest BCUT2D eigenvalue weighted by Crippen LogP contribution is 2.32. The minimum Gasteiger partial charge on any atom is -0.504 e. The van der Waals surface area contributed by atoms with Gasteiger partial charge < -0.3 is 59.4 Å². The largest absolute Gasteiger partial charge is 0.504 e. The molecule has 170 valence electrons. The van der Waals surface area contributed by atoms with Crippen LogP contribution in [0.4, 0.5) is 0 Å². The van der Waals surface area contributed by atoms with Crippen LogP contribution in [0.5, 0.6) is 17.2 Å². The van der Waals surface area contributed by atoms with Crippen molar-refractivity contribution >= 4 is 0 Å². The van der Waals surface area contributed by atoms with E-state index < -0.39 is 61.9 Å². The number of phenolic OH excluding ortho intramolecular Hbond substituents is 1. The molecule has 2 aliphatic rings. The van der Waals surface area contributed by atoms with Crippen LogP contribution in [0.25, 0.3) is 0 Å². The summed E-state index contributed by atoms with van der Waals surface area (Å²) in [6.07, 6.45) is -10.2. The van der Waals surface area contributed by atoms with Crippen LogP contribution in [0.15, 0.2) is 18.2 Å². The van der Waals surface area contributed by atoms with Crippen molar-refractivity contribution in [3.8, 4) is 17.2 Å². The second kappa shape index (κ2) is 9.18. The minimum absolute atomic E-state index is 0.113. The van der Waals surface area contributed by atoms with Crippen LogP contribution in [-0.2, 0) is 14.2 Å². The van der Waals surface area contributed by atoms with Crippen molar-refractivity contribution in [3.05, 3.63) is 18.2 Å². The molecule has 30 heavy (non-hydrogen) atoms. The topological polar surface area (TPSA) is 188 Å². The van der Waals surface area contributed by atoms with Crippen molar-refractivity contribution in [2.75, 3.05) is 26.9 Å². The van der Waals surface area contributed by atoms with Crippen LogP contribution in [0.3, 0.4) is 0 Å². The molecule has 0 aliphatic carbocycles. The van der Waals surface area contributed by atoms with Crippen LogP contribution in [0, 0.1) is 0 Å². The van der Waals surface area contributed by atoms with Crippen LogP contribution < -0.4 is 9.47 Å². The first-order valence-electron chi connectivity index (χ1n) is 9.18. The molecule has 2 fully saturated rings. The van der Waals surface area contributed by atoms with Gasteiger partial charge in [0.2, 0.25) is 6.29 Å². The van der Waals surface area contributed by atoms with E-state index in [1.807, 2.05) is 0 Å². The van der Waals surface area contributed by atoms with Gasteiger partial charge in [-0.1, -0.05) is 0 Å². The standard InChI is InChI=1S/C18H26O12/c1-26-10-4-8(2-3-9(10)20)29-16-14(23)13(22)12(21)11(30-16)5-27-17-15(24)18(25,6-19)7-28-17/h2-4,11-17,19-25H,5-7H2,1H3/t11-,12-,13-,14-,15-,16-,17-,18+/m1/s1. The van der Waals surface area contributed by atoms with Gasteiger partial charge in [0.25, 0.3) is 0 Å². The monoisotopic (exact) mass is 434 g/mol. The fourth-order valence-corrected chi connectivity index (χ4v) is 3.14. The summed E-state index contributed by atoms with van der Waals surface area (Å²) in [4.78, 5) is 0. The van der Waals surface area contributed by atoms with E-state index in [2.05, 4.69) is 0 Å². The summed E-state index contributed by atoms with van der Waals surface area (Å²) in [7, 11) is 1.34. The Morgan fingerprint density at radius 1 is 1.10 bits per heavy atom. The number of phenols is 1. The van der Waals surface area contributed by atoms with Gasteiger partial charge in [-0.3, -0.25) is 0 Å². The molecule has 12 nitrogen and oxygen atoms in total. The smallest absolute Gasteiger partial charge is 0.229 e. The fraction of sp³-hybridized carbons (Fsp3) is 0.667. The third-order valence-corrected chi connectivity index (χ3v) is 5.08. The highest BCUT2D eigenvalue weighted by molar-refractivity contribution is 5.44. The Morgan fingerprint density at radius 2 is 1.83 bits per heavy atom. The zero-order valence-corrected chi connectivity index (χ0v) is 16.1. The van der Waals surface area contributed by atoms with Crippen molar-refractivity contribution in [1.29, 1.82) is 0 Å². The van der Waals surface area contributed by atoms with E-state index in [1.165, 1.54) is 25.3 Å².